The molecule has 144 valence electrons. The van der Waals surface area contributed by atoms with E-state index in [4.69, 9.17) is 4.74 Å². The van der Waals surface area contributed by atoms with Gasteiger partial charge in [0.25, 0.3) is 0 Å². The molecule has 1 aromatic carbocycles. The number of nitrogens with one attached hydrogen (secondary N) is 1. The second-order valence-corrected chi connectivity index (χ2v) is 6.50. The number of urea groups is 1. The molecule has 9 nitrogen and oxygen atoms in total. The van der Waals surface area contributed by atoms with Gasteiger partial charge in [0, 0.05) is 26.7 Å². The number of piperazine rings is 1. The molecule has 3 amide bonds. The molecule has 0 bridgehead atoms. The monoisotopic (exact) mass is 372 g/mol. The summed E-state index contributed by atoms with van der Waals surface area (Å²) in [5.74, 6) is 1.34. The smallest absolute Gasteiger partial charge is 0.318 e. The van der Waals surface area contributed by atoms with Gasteiger partial charge in [-0.25, -0.2) is 9.78 Å². The zero-order valence-electron chi connectivity index (χ0n) is 15.8. The van der Waals surface area contributed by atoms with Gasteiger partial charge in [-0.3, -0.25) is 9.48 Å². The van der Waals surface area contributed by atoms with E-state index in [2.05, 4.69) is 15.4 Å². The Kier molecular flexibility index (Phi) is 5.58. The average molecular weight is 372 g/mol. The number of ether oxygens (including phenoxy) is 1. The van der Waals surface area contributed by atoms with Crippen LogP contribution in [-0.4, -0.2) is 63.2 Å². The summed E-state index contributed by atoms with van der Waals surface area (Å²) in [6.07, 6.45) is 1.44. The van der Waals surface area contributed by atoms with Crippen LogP contribution < -0.4 is 10.1 Å². The highest BCUT2D eigenvalue weighted by Crippen LogP contribution is 2.16. The van der Waals surface area contributed by atoms with Gasteiger partial charge in [0.05, 0.1) is 13.2 Å². The molecule has 1 N–H and O–H groups in total. The van der Waals surface area contributed by atoms with Crippen molar-refractivity contribution < 1.29 is 14.3 Å². The van der Waals surface area contributed by atoms with E-state index in [0.717, 1.165) is 11.3 Å². The number of hydrogen-bond donors (Lipinski definition) is 1. The number of aromatic nitrogens is 3. The molecule has 1 fully saturated rings. The molecule has 0 saturated carbocycles. The minimum atomic E-state index is -0.296. The number of methoxy groups -OCH3 is 1. The second-order valence-electron chi connectivity index (χ2n) is 6.50. The van der Waals surface area contributed by atoms with Crippen LogP contribution in [0.5, 0.6) is 5.75 Å². The maximum Gasteiger partial charge on any atom is 0.318 e. The third-order valence-corrected chi connectivity index (χ3v) is 4.59. The van der Waals surface area contributed by atoms with Crippen LogP contribution in [0.2, 0.25) is 0 Å². The van der Waals surface area contributed by atoms with Gasteiger partial charge < -0.3 is 19.9 Å². The summed E-state index contributed by atoms with van der Waals surface area (Å²) in [5.41, 5.74) is 0.997. The van der Waals surface area contributed by atoms with E-state index >= 15 is 0 Å². The molecular weight excluding hydrogens is 348 g/mol. The fraction of sp³-hybridized carbons (Fsp3) is 0.444. The lowest BCUT2D eigenvalue weighted by atomic mass is 10.2. The Morgan fingerprint density at radius 1 is 1.37 bits per heavy atom. The van der Waals surface area contributed by atoms with Gasteiger partial charge in [0.15, 0.2) is 0 Å². The molecule has 0 aliphatic carbocycles. The number of amides is 3. The molecule has 1 saturated heterocycles. The van der Waals surface area contributed by atoms with Crippen molar-refractivity contribution in [3.8, 4) is 5.75 Å². The molecule has 2 heterocycles. The maximum atomic E-state index is 12.5. The van der Waals surface area contributed by atoms with Crippen molar-refractivity contribution >= 4 is 11.9 Å². The van der Waals surface area contributed by atoms with Crippen LogP contribution in [0.1, 0.15) is 24.4 Å². The van der Waals surface area contributed by atoms with E-state index < -0.39 is 0 Å². The molecule has 2 aromatic rings. The Bertz CT molecular complexity index is 821. The predicted molar refractivity (Wildman–Crippen MR) is 97.9 cm³/mol. The first-order valence-corrected chi connectivity index (χ1v) is 8.78. The van der Waals surface area contributed by atoms with E-state index in [1.54, 1.807) is 23.7 Å². The zero-order chi connectivity index (χ0) is 19.4. The molecule has 27 heavy (non-hydrogen) atoms. The van der Waals surface area contributed by atoms with E-state index in [1.807, 2.05) is 31.2 Å². The maximum absolute atomic E-state index is 12.5. The molecular formula is C18H24N6O3. The van der Waals surface area contributed by atoms with E-state index in [0.29, 0.717) is 25.5 Å². The molecule has 1 aliphatic rings. The minimum absolute atomic E-state index is 0.0569. The largest absolute Gasteiger partial charge is 0.497 e. The fourth-order valence-electron chi connectivity index (χ4n) is 3.08. The van der Waals surface area contributed by atoms with Crippen molar-refractivity contribution in [1.82, 2.24) is 29.9 Å². The summed E-state index contributed by atoms with van der Waals surface area (Å²) >= 11 is 0. The highest BCUT2D eigenvalue weighted by atomic mass is 16.5. The molecule has 1 atom stereocenters. The number of rotatable bonds is 5. The lowest BCUT2D eigenvalue weighted by Gasteiger charge is -2.34. The number of aryl methyl sites for hydroxylation is 1. The number of hydrogen-bond acceptors (Lipinski definition) is 5. The summed E-state index contributed by atoms with van der Waals surface area (Å²) in [6, 6.07) is 7.06. The van der Waals surface area contributed by atoms with Gasteiger partial charge in [-0.2, -0.15) is 5.10 Å². The summed E-state index contributed by atoms with van der Waals surface area (Å²) < 4.78 is 6.83. The Morgan fingerprint density at radius 2 is 2.19 bits per heavy atom. The second kappa shape index (κ2) is 8.07. The molecule has 0 radical (unpaired) electrons. The molecule has 3 rings (SSSR count). The van der Waals surface area contributed by atoms with Crippen LogP contribution in [0.4, 0.5) is 4.79 Å². The molecule has 0 unspecified atom stereocenters. The summed E-state index contributed by atoms with van der Waals surface area (Å²) in [5, 5.41) is 6.87. The number of carbonyl (C=O) groups is 2. The SMILES string of the molecule is COc1cccc(CN2CCN(C(=O)N[C@H](C)c3ncnn3C)CC2=O)c1. The molecule has 1 aliphatic heterocycles. The lowest BCUT2D eigenvalue weighted by molar-refractivity contribution is -0.135. The normalized spacial score (nSPS) is 15.6. The first kappa shape index (κ1) is 18.7. The van der Waals surface area contributed by atoms with Crippen LogP contribution in [0, 0.1) is 0 Å². The van der Waals surface area contributed by atoms with Gasteiger partial charge >= 0.3 is 6.03 Å². The van der Waals surface area contributed by atoms with E-state index in [1.165, 1.54) is 11.2 Å². The van der Waals surface area contributed by atoms with Crippen molar-refractivity contribution in [2.75, 3.05) is 26.7 Å². The topological polar surface area (TPSA) is 92.6 Å². The first-order chi connectivity index (χ1) is 13.0. The van der Waals surface area contributed by atoms with Gasteiger partial charge in [0.2, 0.25) is 5.91 Å². The molecule has 0 spiro atoms. The van der Waals surface area contributed by atoms with Crippen LogP contribution in [0.3, 0.4) is 0 Å². The zero-order valence-corrected chi connectivity index (χ0v) is 15.8. The highest BCUT2D eigenvalue weighted by molar-refractivity contribution is 5.85. The first-order valence-electron chi connectivity index (χ1n) is 8.78. The van der Waals surface area contributed by atoms with Crippen molar-refractivity contribution in [3.63, 3.8) is 0 Å². The number of nitrogens with zero attached hydrogens (tertiary/aromatic N) is 5. The quantitative estimate of drug-likeness (QED) is 0.843. The van der Waals surface area contributed by atoms with Crippen molar-refractivity contribution in [3.05, 3.63) is 42.0 Å². The van der Waals surface area contributed by atoms with Gasteiger partial charge in [0.1, 0.15) is 24.4 Å². The molecule has 1 aromatic heterocycles. The van der Waals surface area contributed by atoms with Crippen molar-refractivity contribution in [2.45, 2.75) is 19.5 Å². The lowest BCUT2D eigenvalue weighted by Crippen LogP contribution is -2.54. The fourth-order valence-corrected chi connectivity index (χ4v) is 3.08. The standard InChI is InChI=1S/C18H24N6O3/c1-13(17-19-12-20-22(17)2)21-18(26)24-8-7-23(16(25)11-24)10-14-5-4-6-15(9-14)27-3/h4-6,9,12-13H,7-8,10-11H2,1-3H3,(H,21,26)/t13-/m1/s1. The number of carbonyl (C=O) groups excluding carboxylic acids is 2. The Hall–Kier alpha value is -3.10. The van der Waals surface area contributed by atoms with Gasteiger partial charge in [-0.05, 0) is 24.6 Å². The third kappa shape index (κ3) is 4.36. The summed E-state index contributed by atoms with van der Waals surface area (Å²) in [6.45, 7) is 3.36. The Morgan fingerprint density at radius 3 is 2.85 bits per heavy atom. The Labute approximate surface area is 157 Å². The van der Waals surface area contributed by atoms with Crippen LogP contribution in [0.15, 0.2) is 30.6 Å². The summed E-state index contributed by atoms with van der Waals surface area (Å²) in [4.78, 5) is 32.4. The average Bonchev–Trinajstić information content (AvgIpc) is 3.09. The van der Waals surface area contributed by atoms with Crippen molar-refractivity contribution in [1.29, 1.82) is 0 Å². The van der Waals surface area contributed by atoms with Gasteiger partial charge in [-0.1, -0.05) is 12.1 Å². The Balaban J connectivity index is 1.55. The van der Waals surface area contributed by atoms with Crippen LogP contribution in [-0.2, 0) is 18.4 Å². The predicted octanol–water partition coefficient (Wildman–Crippen LogP) is 0.939. The van der Waals surface area contributed by atoms with Crippen LogP contribution >= 0.6 is 0 Å². The third-order valence-electron chi connectivity index (χ3n) is 4.59. The van der Waals surface area contributed by atoms with Crippen LogP contribution in [0.25, 0.3) is 0 Å². The van der Waals surface area contributed by atoms with E-state index in [9.17, 15) is 9.59 Å². The molecule has 9 heteroatoms. The van der Waals surface area contributed by atoms with E-state index in [-0.39, 0.29) is 24.5 Å². The minimum Gasteiger partial charge on any atom is -0.497 e. The summed E-state index contributed by atoms with van der Waals surface area (Å²) in [7, 11) is 3.38. The van der Waals surface area contributed by atoms with Crippen molar-refractivity contribution in [2.24, 2.45) is 7.05 Å². The highest BCUT2D eigenvalue weighted by Gasteiger charge is 2.28. The van der Waals surface area contributed by atoms with Gasteiger partial charge in [-0.15, -0.1) is 0 Å². The number of benzene rings is 1.